The van der Waals surface area contributed by atoms with Crippen molar-refractivity contribution in [2.75, 3.05) is 5.32 Å². The van der Waals surface area contributed by atoms with Crippen molar-refractivity contribution in [3.8, 4) is 0 Å². The molecule has 0 amide bonds. The lowest BCUT2D eigenvalue weighted by molar-refractivity contribution is -0.136. The molecule has 3 N–H and O–H groups in total. The molecule has 0 aliphatic rings. The van der Waals surface area contributed by atoms with E-state index < -0.39 is 11.7 Å². The van der Waals surface area contributed by atoms with Gasteiger partial charge in [-0.25, -0.2) is 4.98 Å². The van der Waals surface area contributed by atoms with E-state index in [2.05, 4.69) is 10.3 Å². The van der Waals surface area contributed by atoms with Crippen molar-refractivity contribution in [1.82, 2.24) is 4.98 Å². The van der Waals surface area contributed by atoms with Crippen LogP contribution in [0.1, 0.15) is 11.1 Å². The van der Waals surface area contributed by atoms with Crippen LogP contribution >= 0.6 is 12.2 Å². The second-order valence-electron chi connectivity index (χ2n) is 3.96. The highest BCUT2D eigenvalue weighted by molar-refractivity contribution is 7.80. The molecule has 2 aromatic rings. The molecular formula is C13H10F3N3S. The van der Waals surface area contributed by atoms with Gasteiger partial charge in [0.2, 0.25) is 0 Å². The van der Waals surface area contributed by atoms with Gasteiger partial charge in [0.05, 0.1) is 11.3 Å². The molecule has 1 aromatic carbocycles. The first-order valence-corrected chi connectivity index (χ1v) is 5.98. The standard InChI is InChI=1S/C13H10F3N3S/c14-13(15,16)9-3-1-2-4-10(9)19-11-6-5-8(7-18-11)12(17)20/h1-7H,(H2,17,20)(H,18,19). The first-order valence-electron chi connectivity index (χ1n) is 5.57. The number of aromatic nitrogens is 1. The van der Waals surface area contributed by atoms with Crippen LogP contribution in [0.4, 0.5) is 24.7 Å². The number of rotatable bonds is 3. The van der Waals surface area contributed by atoms with Crippen molar-refractivity contribution < 1.29 is 13.2 Å². The van der Waals surface area contributed by atoms with Crippen LogP contribution in [0.2, 0.25) is 0 Å². The van der Waals surface area contributed by atoms with Crippen LogP contribution in [-0.2, 0) is 6.18 Å². The van der Waals surface area contributed by atoms with E-state index in [9.17, 15) is 13.2 Å². The summed E-state index contributed by atoms with van der Waals surface area (Å²) in [6, 6.07) is 8.30. The minimum atomic E-state index is -4.43. The molecule has 0 aliphatic heterocycles. The largest absolute Gasteiger partial charge is 0.418 e. The summed E-state index contributed by atoms with van der Waals surface area (Å²) in [6.45, 7) is 0. The number of nitrogens with two attached hydrogens (primary N) is 1. The Hall–Kier alpha value is -2.15. The Morgan fingerprint density at radius 1 is 1.15 bits per heavy atom. The van der Waals surface area contributed by atoms with Gasteiger partial charge in [0.15, 0.2) is 0 Å². The molecule has 0 aliphatic carbocycles. The minimum absolute atomic E-state index is 0.0597. The zero-order valence-corrected chi connectivity index (χ0v) is 10.9. The SMILES string of the molecule is NC(=S)c1ccc(Nc2ccccc2C(F)(F)F)nc1. The summed E-state index contributed by atoms with van der Waals surface area (Å²) in [6.07, 6.45) is -3.02. The average Bonchev–Trinajstić information content (AvgIpc) is 2.38. The third kappa shape index (κ3) is 3.24. The Morgan fingerprint density at radius 3 is 2.40 bits per heavy atom. The maximum Gasteiger partial charge on any atom is 0.418 e. The van der Waals surface area contributed by atoms with Gasteiger partial charge in [-0.1, -0.05) is 24.4 Å². The molecule has 0 saturated heterocycles. The van der Waals surface area contributed by atoms with Crippen molar-refractivity contribution in [3.05, 3.63) is 53.7 Å². The molecule has 0 fully saturated rings. The van der Waals surface area contributed by atoms with E-state index in [0.717, 1.165) is 6.07 Å². The number of nitrogens with one attached hydrogen (secondary N) is 1. The van der Waals surface area contributed by atoms with Crippen LogP contribution in [0.3, 0.4) is 0 Å². The molecule has 3 nitrogen and oxygen atoms in total. The zero-order valence-electron chi connectivity index (χ0n) is 10.1. The molecule has 0 saturated carbocycles. The molecular weight excluding hydrogens is 287 g/mol. The summed E-state index contributed by atoms with van der Waals surface area (Å²) in [4.78, 5) is 4.15. The highest BCUT2D eigenvalue weighted by Crippen LogP contribution is 2.35. The molecule has 0 unspecified atom stereocenters. The van der Waals surface area contributed by atoms with Gasteiger partial charge in [0, 0.05) is 11.8 Å². The third-order valence-corrected chi connectivity index (χ3v) is 2.78. The lowest BCUT2D eigenvalue weighted by Gasteiger charge is -2.13. The minimum Gasteiger partial charge on any atom is -0.389 e. The van der Waals surface area contributed by atoms with Gasteiger partial charge < -0.3 is 11.1 Å². The first kappa shape index (κ1) is 14.3. The number of alkyl halides is 3. The highest BCUT2D eigenvalue weighted by atomic mass is 32.1. The van der Waals surface area contributed by atoms with Crippen LogP contribution in [0.5, 0.6) is 0 Å². The Kier molecular flexibility index (Phi) is 3.89. The Morgan fingerprint density at radius 2 is 1.85 bits per heavy atom. The number of pyridine rings is 1. The van der Waals surface area contributed by atoms with Crippen LogP contribution < -0.4 is 11.1 Å². The maximum absolute atomic E-state index is 12.8. The predicted octanol–water partition coefficient (Wildman–Crippen LogP) is 3.48. The van der Waals surface area contributed by atoms with Crippen molar-refractivity contribution in [3.63, 3.8) is 0 Å². The molecule has 0 spiro atoms. The molecule has 0 radical (unpaired) electrons. The van der Waals surface area contributed by atoms with E-state index in [1.165, 1.54) is 30.5 Å². The van der Waals surface area contributed by atoms with E-state index in [4.69, 9.17) is 18.0 Å². The second kappa shape index (κ2) is 5.46. The van der Waals surface area contributed by atoms with Crippen molar-refractivity contribution in [1.29, 1.82) is 0 Å². The Labute approximate surface area is 118 Å². The van der Waals surface area contributed by atoms with Gasteiger partial charge >= 0.3 is 6.18 Å². The van der Waals surface area contributed by atoms with E-state index in [0.29, 0.717) is 5.56 Å². The highest BCUT2D eigenvalue weighted by Gasteiger charge is 2.33. The molecule has 7 heteroatoms. The second-order valence-corrected chi connectivity index (χ2v) is 4.40. The number of para-hydroxylation sites is 1. The Bertz CT molecular complexity index is 624. The predicted molar refractivity (Wildman–Crippen MR) is 74.9 cm³/mol. The average molecular weight is 297 g/mol. The number of benzene rings is 1. The van der Waals surface area contributed by atoms with Crippen LogP contribution in [0.15, 0.2) is 42.6 Å². The Balaban J connectivity index is 2.28. The molecule has 20 heavy (non-hydrogen) atoms. The number of anilines is 2. The topological polar surface area (TPSA) is 50.9 Å². The summed E-state index contributed by atoms with van der Waals surface area (Å²) >= 11 is 4.77. The lowest BCUT2D eigenvalue weighted by Crippen LogP contribution is -2.11. The quantitative estimate of drug-likeness (QED) is 0.852. The number of halogens is 3. The molecule has 1 aromatic heterocycles. The van der Waals surface area contributed by atoms with Crippen molar-refractivity contribution >= 4 is 28.7 Å². The van der Waals surface area contributed by atoms with Crippen LogP contribution in [0, 0.1) is 0 Å². The first-order chi connectivity index (χ1) is 9.38. The van der Waals surface area contributed by atoms with Gasteiger partial charge in [0.1, 0.15) is 10.8 Å². The zero-order chi connectivity index (χ0) is 14.8. The fourth-order valence-corrected chi connectivity index (χ4v) is 1.71. The van der Waals surface area contributed by atoms with E-state index in [1.807, 2.05) is 0 Å². The molecule has 0 bridgehead atoms. The number of nitrogens with zero attached hydrogens (tertiary/aromatic N) is 1. The van der Waals surface area contributed by atoms with Crippen LogP contribution in [-0.4, -0.2) is 9.97 Å². The van der Waals surface area contributed by atoms with Gasteiger partial charge in [-0.05, 0) is 24.3 Å². The summed E-state index contributed by atoms with van der Waals surface area (Å²) in [7, 11) is 0. The van der Waals surface area contributed by atoms with Crippen molar-refractivity contribution in [2.45, 2.75) is 6.18 Å². The van der Waals surface area contributed by atoms with Crippen molar-refractivity contribution in [2.24, 2.45) is 5.73 Å². The summed E-state index contributed by atoms with van der Waals surface area (Å²) in [5, 5.41) is 2.63. The molecule has 0 atom stereocenters. The van der Waals surface area contributed by atoms with E-state index >= 15 is 0 Å². The fraction of sp³-hybridized carbons (Fsp3) is 0.0769. The molecule has 2 rings (SSSR count). The van der Waals surface area contributed by atoms with Gasteiger partial charge in [-0.15, -0.1) is 0 Å². The van der Waals surface area contributed by atoms with E-state index in [1.54, 1.807) is 6.07 Å². The fourth-order valence-electron chi connectivity index (χ4n) is 1.59. The third-order valence-electron chi connectivity index (χ3n) is 2.54. The number of hydrogen-bond donors (Lipinski definition) is 2. The maximum atomic E-state index is 12.8. The lowest BCUT2D eigenvalue weighted by atomic mass is 10.1. The van der Waals surface area contributed by atoms with Gasteiger partial charge in [-0.3, -0.25) is 0 Å². The molecule has 1 heterocycles. The van der Waals surface area contributed by atoms with Gasteiger partial charge in [-0.2, -0.15) is 13.2 Å². The van der Waals surface area contributed by atoms with Crippen LogP contribution in [0.25, 0.3) is 0 Å². The normalized spacial score (nSPS) is 11.2. The summed E-state index contributed by atoms with van der Waals surface area (Å²) < 4.78 is 38.5. The molecule has 104 valence electrons. The van der Waals surface area contributed by atoms with E-state index in [-0.39, 0.29) is 16.5 Å². The van der Waals surface area contributed by atoms with Gasteiger partial charge in [0.25, 0.3) is 0 Å². The monoisotopic (exact) mass is 297 g/mol. The summed E-state index contributed by atoms with van der Waals surface area (Å²) in [5.41, 5.74) is 5.16. The summed E-state index contributed by atoms with van der Waals surface area (Å²) in [5.74, 6) is 0.279. The smallest absolute Gasteiger partial charge is 0.389 e. The number of hydrogen-bond acceptors (Lipinski definition) is 3. The number of thiocarbonyl (C=S) groups is 1.